The average Bonchev–Trinajstić information content (AvgIpc) is 2.56. The van der Waals surface area contributed by atoms with Gasteiger partial charge >= 0.3 is 0 Å². The smallest absolute Gasteiger partial charge is 0.150 e. The maximum atomic E-state index is 10.8. The van der Waals surface area contributed by atoms with E-state index in [4.69, 9.17) is 4.74 Å². The molecular weight excluding hydrogens is 250 g/mol. The van der Waals surface area contributed by atoms with Gasteiger partial charge in [0.25, 0.3) is 0 Å². The molecule has 0 aliphatic carbocycles. The summed E-state index contributed by atoms with van der Waals surface area (Å²) >= 11 is 0. The fourth-order valence-electron chi connectivity index (χ4n) is 2.48. The van der Waals surface area contributed by atoms with Crippen LogP contribution in [-0.2, 0) is 4.74 Å². The zero-order valence-electron chi connectivity index (χ0n) is 11.3. The van der Waals surface area contributed by atoms with E-state index in [0.29, 0.717) is 5.56 Å². The normalized spacial score (nSPS) is 15.1. The lowest BCUT2D eigenvalue weighted by Gasteiger charge is -2.28. The van der Waals surface area contributed by atoms with Crippen LogP contribution in [0.5, 0.6) is 0 Å². The fourth-order valence-corrected chi connectivity index (χ4v) is 2.48. The number of ether oxygens (including phenoxy) is 1. The molecule has 0 aromatic heterocycles. The monoisotopic (exact) mass is 267 g/mol. The van der Waals surface area contributed by atoms with Gasteiger partial charge in [-0.25, -0.2) is 0 Å². The van der Waals surface area contributed by atoms with Crippen LogP contribution in [0.3, 0.4) is 0 Å². The van der Waals surface area contributed by atoms with Gasteiger partial charge in [-0.2, -0.15) is 0 Å². The Morgan fingerprint density at radius 1 is 0.950 bits per heavy atom. The standard InChI is InChI=1S/C17H17NO2/c19-13-14-2-1-3-16(12-14)15-4-6-17(7-5-15)18-8-10-20-11-9-18/h1-7,12-13H,8-11H2. The SMILES string of the molecule is O=Cc1cccc(-c2ccc(N3CCOCC3)cc2)c1. The highest BCUT2D eigenvalue weighted by molar-refractivity contribution is 5.79. The number of nitrogens with zero attached hydrogens (tertiary/aromatic N) is 1. The van der Waals surface area contributed by atoms with Gasteiger partial charge in [0.2, 0.25) is 0 Å². The van der Waals surface area contributed by atoms with Gasteiger partial charge in [0, 0.05) is 24.3 Å². The summed E-state index contributed by atoms with van der Waals surface area (Å²) in [5, 5.41) is 0. The molecule has 1 fully saturated rings. The summed E-state index contributed by atoms with van der Waals surface area (Å²) in [5.41, 5.74) is 4.14. The van der Waals surface area contributed by atoms with Crippen molar-refractivity contribution in [3.8, 4) is 11.1 Å². The van der Waals surface area contributed by atoms with Gasteiger partial charge in [0.15, 0.2) is 0 Å². The van der Waals surface area contributed by atoms with Crippen LogP contribution in [0.25, 0.3) is 11.1 Å². The van der Waals surface area contributed by atoms with Crippen LogP contribution in [0.4, 0.5) is 5.69 Å². The third kappa shape index (κ3) is 2.73. The molecule has 20 heavy (non-hydrogen) atoms. The number of hydrogen-bond acceptors (Lipinski definition) is 3. The Balaban J connectivity index is 1.83. The van der Waals surface area contributed by atoms with E-state index in [2.05, 4.69) is 29.2 Å². The average molecular weight is 267 g/mol. The number of carbonyl (C=O) groups is 1. The largest absolute Gasteiger partial charge is 0.378 e. The number of hydrogen-bond donors (Lipinski definition) is 0. The molecule has 2 aromatic carbocycles. The van der Waals surface area contributed by atoms with Crippen LogP contribution in [0.1, 0.15) is 10.4 Å². The van der Waals surface area contributed by atoms with Crippen LogP contribution >= 0.6 is 0 Å². The number of morpholine rings is 1. The van der Waals surface area contributed by atoms with Gasteiger partial charge in [-0.3, -0.25) is 4.79 Å². The molecule has 1 aliphatic heterocycles. The second-order valence-electron chi connectivity index (χ2n) is 4.89. The molecule has 0 amide bonds. The number of carbonyl (C=O) groups excluding carboxylic acids is 1. The number of rotatable bonds is 3. The molecule has 0 atom stereocenters. The maximum absolute atomic E-state index is 10.8. The first-order chi connectivity index (χ1) is 9.86. The summed E-state index contributed by atoms with van der Waals surface area (Å²) < 4.78 is 5.37. The lowest BCUT2D eigenvalue weighted by Crippen LogP contribution is -2.36. The highest BCUT2D eigenvalue weighted by Gasteiger charge is 2.10. The predicted molar refractivity (Wildman–Crippen MR) is 80.3 cm³/mol. The third-order valence-corrected chi connectivity index (χ3v) is 3.60. The minimum absolute atomic E-state index is 0.708. The zero-order chi connectivity index (χ0) is 13.8. The van der Waals surface area contributed by atoms with Crippen molar-refractivity contribution >= 4 is 12.0 Å². The molecule has 3 nitrogen and oxygen atoms in total. The van der Waals surface area contributed by atoms with Gasteiger partial charge < -0.3 is 9.64 Å². The topological polar surface area (TPSA) is 29.5 Å². The van der Waals surface area contributed by atoms with Crippen molar-refractivity contribution in [2.24, 2.45) is 0 Å². The second-order valence-corrected chi connectivity index (χ2v) is 4.89. The maximum Gasteiger partial charge on any atom is 0.150 e. The summed E-state index contributed by atoms with van der Waals surface area (Å²) in [7, 11) is 0. The molecule has 0 unspecified atom stereocenters. The summed E-state index contributed by atoms with van der Waals surface area (Å²) in [6.45, 7) is 3.48. The predicted octanol–water partition coefficient (Wildman–Crippen LogP) is 3.00. The highest BCUT2D eigenvalue weighted by Crippen LogP contribution is 2.24. The molecule has 2 aromatic rings. The summed E-state index contributed by atoms with van der Waals surface area (Å²) in [6.07, 6.45) is 0.881. The van der Waals surface area contributed by atoms with Crippen LogP contribution in [0.15, 0.2) is 48.5 Å². The molecule has 0 saturated carbocycles. The zero-order valence-corrected chi connectivity index (χ0v) is 11.3. The molecule has 0 bridgehead atoms. The molecule has 3 heteroatoms. The molecule has 1 saturated heterocycles. The summed E-state index contributed by atoms with van der Waals surface area (Å²) in [5.74, 6) is 0. The van der Waals surface area contributed by atoms with Gasteiger partial charge in [-0.15, -0.1) is 0 Å². The quantitative estimate of drug-likeness (QED) is 0.801. The first kappa shape index (κ1) is 12.9. The van der Waals surface area contributed by atoms with Gasteiger partial charge in [0.1, 0.15) is 6.29 Å². The van der Waals surface area contributed by atoms with Crippen molar-refractivity contribution in [2.75, 3.05) is 31.2 Å². The lowest BCUT2D eigenvalue weighted by atomic mass is 10.0. The van der Waals surface area contributed by atoms with E-state index in [9.17, 15) is 4.79 Å². The summed E-state index contributed by atoms with van der Waals surface area (Å²) in [4.78, 5) is 13.2. The first-order valence-corrected chi connectivity index (χ1v) is 6.85. The van der Waals surface area contributed by atoms with Crippen molar-refractivity contribution in [1.82, 2.24) is 0 Å². The number of anilines is 1. The minimum Gasteiger partial charge on any atom is -0.378 e. The molecular formula is C17H17NO2. The second kappa shape index (κ2) is 5.88. The highest BCUT2D eigenvalue weighted by atomic mass is 16.5. The Hall–Kier alpha value is -2.13. The van der Waals surface area contributed by atoms with Crippen LogP contribution in [0, 0.1) is 0 Å². The van der Waals surface area contributed by atoms with E-state index in [1.807, 2.05) is 24.3 Å². The Morgan fingerprint density at radius 3 is 2.40 bits per heavy atom. The van der Waals surface area contributed by atoms with Crippen molar-refractivity contribution < 1.29 is 9.53 Å². The van der Waals surface area contributed by atoms with Gasteiger partial charge in [-0.1, -0.05) is 30.3 Å². The molecule has 3 rings (SSSR count). The van der Waals surface area contributed by atoms with Gasteiger partial charge in [0.05, 0.1) is 13.2 Å². The molecule has 0 radical (unpaired) electrons. The lowest BCUT2D eigenvalue weighted by molar-refractivity contribution is 0.112. The molecule has 1 aliphatic rings. The Labute approximate surface area is 118 Å². The van der Waals surface area contributed by atoms with Crippen molar-refractivity contribution in [3.05, 3.63) is 54.1 Å². The molecule has 0 N–H and O–H groups in total. The first-order valence-electron chi connectivity index (χ1n) is 6.85. The van der Waals surface area contributed by atoms with E-state index in [0.717, 1.165) is 43.7 Å². The molecule has 0 spiro atoms. The van der Waals surface area contributed by atoms with Crippen LogP contribution < -0.4 is 4.90 Å². The number of aldehydes is 1. The van der Waals surface area contributed by atoms with E-state index in [1.54, 1.807) is 0 Å². The number of benzene rings is 2. The Morgan fingerprint density at radius 2 is 1.70 bits per heavy atom. The van der Waals surface area contributed by atoms with E-state index < -0.39 is 0 Å². The molecule has 102 valence electrons. The minimum atomic E-state index is 0.708. The van der Waals surface area contributed by atoms with E-state index >= 15 is 0 Å². The van der Waals surface area contributed by atoms with Crippen LogP contribution in [-0.4, -0.2) is 32.6 Å². The van der Waals surface area contributed by atoms with Gasteiger partial charge in [-0.05, 0) is 29.3 Å². The van der Waals surface area contributed by atoms with Crippen molar-refractivity contribution in [3.63, 3.8) is 0 Å². The third-order valence-electron chi connectivity index (χ3n) is 3.60. The fraction of sp³-hybridized carbons (Fsp3) is 0.235. The Bertz CT molecular complexity index is 586. The molecule has 1 heterocycles. The van der Waals surface area contributed by atoms with Crippen molar-refractivity contribution in [1.29, 1.82) is 0 Å². The summed E-state index contributed by atoms with van der Waals surface area (Å²) in [6, 6.07) is 16.1. The Kier molecular flexibility index (Phi) is 3.79. The van der Waals surface area contributed by atoms with E-state index in [-0.39, 0.29) is 0 Å². The van der Waals surface area contributed by atoms with E-state index in [1.165, 1.54) is 5.69 Å². The van der Waals surface area contributed by atoms with Crippen molar-refractivity contribution in [2.45, 2.75) is 0 Å². The van der Waals surface area contributed by atoms with Crippen LogP contribution in [0.2, 0.25) is 0 Å².